The molecule has 0 saturated heterocycles. The fourth-order valence-corrected chi connectivity index (χ4v) is 2.61. The van der Waals surface area contributed by atoms with Crippen molar-refractivity contribution in [3.05, 3.63) is 24.3 Å². The molecule has 2 unspecified atom stereocenters. The minimum Gasteiger partial charge on any atom is -0.300 e. The molecule has 0 aromatic heterocycles. The lowest BCUT2D eigenvalue weighted by Crippen LogP contribution is -2.41. The Balaban J connectivity index is 3.12. The lowest BCUT2D eigenvalue weighted by Gasteiger charge is -2.47. The van der Waals surface area contributed by atoms with E-state index >= 15 is 0 Å². The van der Waals surface area contributed by atoms with Crippen LogP contribution in [0.2, 0.25) is 0 Å². The van der Waals surface area contributed by atoms with Crippen LogP contribution < -0.4 is 0 Å². The zero-order chi connectivity index (χ0) is 11.7. The molecule has 1 rings (SSSR count). The molecule has 0 N–H and O–H groups in total. The highest BCUT2D eigenvalue weighted by molar-refractivity contribution is 5.77. The number of Topliss-reactive ketones (excluding diaryl/α,β-unsaturated/α-hetero) is 1. The van der Waals surface area contributed by atoms with Crippen LogP contribution in [-0.4, -0.2) is 5.78 Å². The van der Waals surface area contributed by atoms with Crippen LogP contribution in [-0.2, 0) is 4.79 Å². The molecule has 1 nitrogen and oxygen atoms in total. The summed E-state index contributed by atoms with van der Waals surface area (Å²) in [6.07, 6.45) is 9.22. The van der Waals surface area contributed by atoms with E-state index in [4.69, 9.17) is 0 Å². The second-order valence-electron chi connectivity index (χ2n) is 5.70. The Morgan fingerprint density at radius 2 is 1.93 bits per heavy atom. The Morgan fingerprint density at radius 3 is 2.33 bits per heavy atom. The first-order valence-corrected chi connectivity index (χ1v) is 5.65. The second kappa shape index (κ2) is 3.96. The number of allylic oxidation sites excluding steroid dienone is 4. The summed E-state index contributed by atoms with van der Waals surface area (Å²) in [5.41, 5.74) is 0.0902. The molecule has 0 saturated carbocycles. The molecule has 1 aliphatic rings. The van der Waals surface area contributed by atoms with Crippen molar-refractivity contribution in [1.29, 1.82) is 0 Å². The largest absolute Gasteiger partial charge is 0.300 e. The molecule has 0 aromatic rings. The zero-order valence-corrected chi connectivity index (χ0v) is 10.5. The second-order valence-corrected chi connectivity index (χ2v) is 5.70. The van der Waals surface area contributed by atoms with Crippen molar-refractivity contribution < 1.29 is 4.79 Å². The predicted octanol–water partition coefficient (Wildman–Crippen LogP) is 3.76. The van der Waals surface area contributed by atoms with E-state index < -0.39 is 0 Å². The van der Waals surface area contributed by atoms with E-state index in [-0.39, 0.29) is 16.6 Å². The predicted molar refractivity (Wildman–Crippen MR) is 64.6 cm³/mol. The van der Waals surface area contributed by atoms with Gasteiger partial charge in [-0.05, 0) is 18.3 Å². The summed E-state index contributed by atoms with van der Waals surface area (Å²) < 4.78 is 0. The van der Waals surface area contributed by atoms with Crippen molar-refractivity contribution >= 4 is 5.78 Å². The van der Waals surface area contributed by atoms with Gasteiger partial charge >= 0.3 is 0 Å². The molecular weight excluding hydrogens is 184 g/mol. The van der Waals surface area contributed by atoms with Crippen LogP contribution in [0.15, 0.2) is 24.3 Å². The first-order valence-electron chi connectivity index (χ1n) is 5.65. The number of rotatable bonds is 2. The van der Waals surface area contributed by atoms with Crippen molar-refractivity contribution in [2.45, 2.75) is 41.0 Å². The van der Waals surface area contributed by atoms with Crippen molar-refractivity contribution in [2.24, 2.45) is 16.7 Å². The van der Waals surface area contributed by atoms with Gasteiger partial charge in [0, 0.05) is 11.8 Å². The third-order valence-electron chi connectivity index (χ3n) is 3.65. The van der Waals surface area contributed by atoms with Gasteiger partial charge in [-0.15, -0.1) is 0 Å². The molecule has 15 heavy (non-hydrogen) atoms. The van der Waals surface area contributed by atoms with Crippen LogP contribution in [0, 0.1) is 16.7 Å². The van der Waals surface area contributed by atoms with Crippen LogP contribution >= 0.6 is 0 Å². The number of hydrogen-bond acceptors (Lipinski definition) is 1. The summed E-state index contributed by atoms with van der Waals surface area (Å²) in [7, 11) is 0. The summed E-state index contributed by atoms with van der Waals surface area (Å²) in [6.45, 7) is 10.5. The van der Waals surface area contributed by atoms with Crippen molar-refractivity contribution in [2.75, 3.05) is 0 Å². The molecule has 1 aliphatic carbocycles. The van der Waals surface area contributed by atoms with Crippen LogP contribution in [0.1, 0.15) is 41.0 Å². The summed E-state index contributed by atoms with van der Waals surface area (Å²) in [6, 6.07) is 0. The van der Waals surface area contributed by atoms with Crippen LogP contribution in [0.4, 0.5) is 0 Å². The molecule has 0 aromatic carbocycles. The molecule has 0 bridgehead atoms. The molecule has 0 spiro atoms. The minimum atomic E-state index is -0.0203. The maximum absolute atomic E-state index is 11.5. The molecule has 0 heterocycles. The van der Waals surface area contributed by atoms with Gasteiger partial charge in [-0.1, -0.05) is 52.0 Å². The average Bonchev–Trinajstić information content (AvgIpc) is 2.06. The van der Waals surface area contributed by atoms with Gasteiger partial charge in [-0.3, -0.25) is 4.79 Å². The topological polar surface area (TPSA) is 17.1 Å². The summed E-state index contributed by atoms with van der Waals surface area (Å²) >= 11 is 0. The molecule has 0 fully saturated rings. The molecular formula is C14H22O. The van der Waals surface area contributed by atoms with Gasteiger partial charge in [-0.2, -0.15) is 0 Å². The molecule has 2 atom stereocenters. The Morgan fingerprint density at radius 1 is 1.33 bits per heavy atom. The van der Waals surface area contributed by atoms with Gasteiger partial charge in [0.05, 0.1) is 0 Å². The number of hydrogen-bond donors (Lipinski definition) is 0. The lowest BCUT2D eigenvalue weighted by atomic mass is 9.57. The van der Waals surface area contributed by atoms with Gasteiger partial charge in [0.1, 0.15) is 5.78 Å². The van der Waals surface area contributed by atoms with E-state index in [1.807, 2.05) is 0 Å². The fourth-order valence-electron chi connectivity index (χ4n) is 2.61. The minimum absolute atomic E-state index is 0.0203. The van der Waals surface area contributed by atoms with Crippen molar-refractivity contribution in [3.8, 4) is 0 Å². The third kappa shape index (κ3) is 2.22. The van der Waals surface area contributed by atoms with E-state index in [1.54, 1.807) is 6.92 Å². The van der Waals surface area contributed by atoms with Gasteiger partial charge in [0.25, 0.3) is 0 Å². The smallest absolute Gasteiger partial charge is 0.130 e. The quantitative estimate of drug-likeness (QED) is 0.672. The Labute approximate surface area is 93.3 Å². The maximum atomic E-state index is 11.5. The SMILES string of the molecule is CC(=O)CC1(C(C)(C)C)C=CC=CC1C. The highest BCUT2D eigenvalue weighted by atomic mass is 16.1. The van der Waals surface area contributed by atoms with Gasteiger partial charge in [0.15, 0.2) is 0 Å². The van der Waals surface area contributed by atoms with Crippen LogP contribution in [0.3, 0.4) is 0 Å². The first kappa shape index (κ1) is 12.2. The van der Waals surface area contributed by atoms with Gasteiger partial charge < -0.3 is 0 Å². The van der Waals surface area contributed by atoms with E-state index in [0.717, 1.165) is 0 Å². The highest BCUT2D eigenvalue weighted by Crippen LogP contribution is 2.50. The van der Waals surface area contributed by atoms with Crippen molar-refractivity contribution in [3.63, 3.8) is 0 Å². The Bertz CT molecular complexity index is 304. The summed E-state index contributed by atoms with van der Waals surface area (Å²) in [4.78, 5) is 11.5. The van der Waals surface area contributed by atoms with E-state index in [2.05, 4.69) is 52.0 Å². The number of ketones is 1. The van der Waals surface area contributed by atoms with E-state index in [1.165, 1.54) is 0 Å². The molecule has 84 valence electrons. The first-order chi connectivity index (χ1) is 6.79. The molecule has 0 amide bonds. The highest BCUT2D eigenvalue weighted by Gasteiger charge is 2.44. The summed E-state index contributed by atoms with van der Waals surface area (Å²) in [5, 5.41) is 0. The van der Waals surface area contributed by atoms with E-state index in [9.17, 15) is 4.79 Å². The number of carbonyl (C=O) groups excluding carboxylic acids is 1. The Hall–Kier alpha value is -0.850. The normalized spacial score (nSPS) is 30.6. The van der Waals surface area contributed by atoms with Gasteiger partial charge in [0.2, 0.25) is 0 Å². The van der Waals surface area contributed by atoms with Crippen LogP contribution in [0.5, 0.6) is 0 Å². The van der Waals surface area contributed by atoms with Gasteiger partial charge in [-0.25, -0.2) is 0 Å². The van der Waals surface area contributed by atoms with E-state index in [0.29, 0.717) is 12.3 Å². The molecule has 0 radical (unpaired) electrons. The molecule has 0 aliphatic heterocycles. The Kier molecular flexibility index (Phi) is 3.22. The average molecular weight is 206 g/mol. The summed E-state index contributed by atoms with van der Waals surface area (Å²) in [5.74, 6) is 0.697. The van der Waals surface area contributed by atoms with Crippen LogP contribution in [0.25, 0.3) is 0 Å². The third-order valence-corrected chi connectivity index (χ3v) is 3.65. The zero-order valence-electron chi connectivity index (χ0n) is 10.5. The van der Waals surface area contributed by atoms with Crippen molar-refractivity contribution in [1.82, 2.24) is 0 Å². The maximum Gasteiger partial charge on any atom is 0.130 e. The number of carbonyl (C=O) groups is 1. The lowest BCUT2D eigenvalue weighted by molar-refractivity contribution is -0.121. The fraction of sp³-hybridized carbons (Fsp3) is 0.643. The molecule has 1 heteroatoms. The monoisotopic (exact) mass is 206 g/mol. The standard InChI is InChI=1S/C14H22O/c1-11-8-6-7-9-14(11,10-12(2)15)13(3,4)5/h6-9,11H,10H2,1-5H3.